The van der Waals surface area contributed by atoms with Crippen LogP contribution in [0.15, 0.2) is 60.2 Å². The second-order valence-electron chi connectivity index (χ2n) is 6.66. The van der Waals surface area contributed by atoms with Crippen LogP contribution in [0, 0.1) is 0 Å². The Morgan fingerprint density at radius 2 is 2.29 bits per heavy atom. The van der Waals surface area contributed by atoms with Gasteiger partial charge in [-0.05, 0) is 48.4 Å². The Hall–Kier alpha value is -2.84. The van der Waals surface area contributed by atoms with E-state index >= 15 is 0 Å². The van der Waals surface area contributed by atoms with Crippen molar-refractivity contribution in [2.45, 2.75) is 18.8 Å². The summed E-state index contributed by atoms with van der Waals surface area (Å²) in [6, 6.07) is 5.85. The molecule has 0 saturated carbocycles. The number of carbonyl (C=O) groups is 1. The molecule has 5 N–H and O–H groups in total. The molecule has 1 aromatic carbocycles. The normalized spacial score (nSPS) is 16.4. The molecule has 7 nitrogen and oxygen atoms in total. The zero-order valence-corrected chi connectivity index (χ0v) is 16.0. The lowest BCUT2D eigenvalue weighted by Crippen LogP contribution is -2.13. The predicted octanol–water partition coefficient (Wildman–Crippen LogP) is 3.22. The van der Waals surface area contributed by atoms with Crippen LogP contribution in [0.5, 0.6) is 5.75 Å². The third-order valence-electron chi connectivity index (χ3n) is 4.79. The zero-order chi connectivity index (χ0) is 19.5. The van der Waals surface area contributed by atoms with Gasteiger partial charge in [-0.25, -0.2) is 0 Å². The number of aromatic amines is 1. The van der Waals surface area contributed by atoms with Crippen molar-refractivity contribution in [1.82, 2.24) is 14.0 Å². The molecule has 1 aromatic heterocycles. The van der Waals surface area contributed by atoms with Gasteiger partial charge < -0.3 is 25.3 Å². The maximum absolute atomic E-state index is 11.6. The molecule has 0 radical (unpaired) electrons. The molecule has 0 amide bonds. The quantitative estimate of drug-likeness (QED) is 0.400. The lowest BCUT2D eigenvalue weighted by molar-refractivity contribution is -0.137. The van der Waals surface area contributed by atoms with Gasteiger partial charge in [0.1, 0.15) is 5.75 Å². The van der Waals surface area contributed by atoms with Crippen molar-refractivity contribution >= 4 is 29.0 Å². The number of nitrogens with two attached hydrogens (primary N) is 1. The van der Waals surface area contributed by atoms with E-state index in [4.69, 9.17) is 10.5 Å². The number of nitrogens with one attached hydrogen (secondary N) is 2. The van der Waals surface area contributed by atoms with E-state index in [-0.39, 0.29) is 12.3 Å². The van der Waals surface area contributed by atoms with E-state index in [9.17, 15) is 9.90 Å². The summed E-state index contributed by atoms with van der Waals surface area (Å²) in [5.74, 6) is -0.304. The molecule has 4 rings (SSSR count). The monoisotopic (exact) mass is 398 g/mol. The molecule has 28 heavy (non-hydrogen) atoms. The summed E-state index contributed by atoms with van der Waals surface area (Å²) in [5, 5.41) is 10.5. The van der Waals surface area contributed by atoms with E-state index in [1.807, 2.05) is 53.3 Å². The minimum atomic E-state index is -0.828. The number of allylic oxidation sites excluding steroid dienone is 3. The van der Waals surface area contributed by atoms with Crippen LogP contribution in [-0.2, 0) is 4.79 Å². The summed E-state index contributed by atoms with van der Waals surface area (Å²) in [6.07, 6.45) is 10.6. The highest BCUT2D eigenvalue weighted by atomic mass is 32.2. The summed E-state index contributed by atoms with van der Waals surface area (Å²) < 4.78 is 10.8. The van der Waals surface area contributed by atoms with Gasteiger partial charge in [-0.2, -0.15) is 0 Å². The standard InChI is InChI=1S/C20H22N4O3S/c21-5-1-7-27-15-2-3-16-18(12-22-19(16)9-15)17(10-20(25)26)13-4-6-24-14(8-13)11-23-28-24/h2-4,6,8-9,11-12,17,22-23H,1,5,7,10,21H2,(H,25,26). The van der Waals surface area contributed by atoms with Crippen molar-refractivity contribution in [3.63, 3.8) is 0 Å². The first-order valence-corrected chi connectivity index (χ1v) is 9.90. The summed E-state index contributed by atoms with van der Waals surface area (Å²) in [4.78, 5) is 14.8. The second-order valence-corrected chi connectivity index (χ2v) is 7.47. The van der Waals surface area contributed by atoms with Crippen LogP contribution in [0.25, 0.3) is 10.9 Å². The van der Waals surface area contributed by atoms with Crippen molar-refractivity contribution in [3.05, 3.63) is 65.8 Å². The molecule has 0 fully saturated rings. The summed E-state index contributed by atoms with van der Waals surface area (Å²) in [7, 11) is 0. The molecule has 0 aliphatic carbocycles. The summed E-state index contributed by atoms with van der Waals surface area (Å²) in [5.41, 5.74) is 9.38. The Kier molecular flexibility index (Phi) is 5.31. The molecule has 0 bridgehead atoms. The Morgan fingerprint density at radius 1 is 1.39 bits per heavy atom. The van der Waals surface area contributed by atoms with Crippen molar-refractivity contribution in [3.8, 4) is 5.75 Å². The lowest BCUT2D eigenvalue weighted by Gasteiger charge is -2.22. The fourth-order valence-corrected chi connectivity index (χ4v) is 4.05. The van der Waals surface area contributed by atoms with Crippen LogP contribution in [-0.4, -0.2) is 33.5 Å². The fraction of sp³-hybridized carbons (Fsp3) is 0.250. The average molecular weight is 398 g/mol. The van der Waals surface area contributed by atoms with Gasteiger partial charge in [0.05, 0.1) is 30.9 Å². The first kappa shape index (κ1) is 18.5. The van der Waals surface area contributed by atoms with E-state index in [2.05, 4.69) is 9.71 Å². The van der Waals surface area contributed by atoms with Crippen molar-refractivity contribution < 1.29 is 14.6 Å². The van der Waals surface area contributed by atoms with E-state index in [1.54, 1.807) is 0 Å². The van der Waals surface area contributed by atoms with Gasteiger partial charge in [-0.3, -0.25) is 9.10 Å². The number of rotatable bonds is 8. The molecule has 1 unspecified atom stereocenters. The maximum Gasteiger partial charge on any atom is 0.304 e. The van der Waals surface area contributed by atoms with Gasteiger partial charge in [0.2, 0.25) is 0 Å². The molecule has 146 valence electrons. The van der Waals surface area contributed by atoms with Crippen LogP contribution in [0.1, 0.15) is 24.3 Å². The first-order valence-electron chi connectivity index (χ1n) is 9.13. The summed E-state index contributed by atoms with van der Waals surface area (Å²) in [6.45, 7) is 1.17. The molecular weight excluding hydrogens is 376 g/mol. The summed E-state index contributed by atoms with van der Waals surface area (Å²) >= 11 is 1.48. The van der Waals surface area contributed by atoms with E-state index in [1.165, 1.54) is 12.1 Å². The Balaban J connectivity index is 1.66. The highest BCUT2D eigenvalue weighted by molar-refractivity contribution is 7.95. The lowest BCUT2D eigenvalue weighted by atomic mass is 9.86. The minimum absolute atomic E-state index is 0.0196. The number of aliphatic carboxylic acids is 1. The van der Waals surface area contributed by atoms with E-state index in [0.29, 0.717) is 13.2 Å². The van der Waals surface area contributed by atoms with Crippen molar-refractivity contribution in [1.29, 1.82) is 0 Å². The van der Waals surface area contributed by atoms with Gasteiger partial charge in [0.25, 0.3) is 0 Å². The molecule has 0 spiro atoms. The maximum atomic E-state index is 11.6. The smallest absolute Gasteiger partial charge is 0.304 e. The minimum Gasteiger partial charge on any atom is -0.493 e. The van der Waals surface area contributed by atoms with Gasteiger partial charge >= 0.3 is 5.97 Å². The number of nitrogens with zero attached hydrogens (tertiary/aromatic N) is 1. The molecule has 0 saturated heterocycles. The molecule has 3 heterocycles. The highest BCUT2D eigenvalue weighted by Crippen LogP contribution is 2.39. The van der Waals surface area contributed by atoms with Gasteiger partial charge in [-0.1, -0.05) is 0 Å². The largest absolute Gasteiger partial charge is 0.493 e. The van der Waals surface area contributed by atoms with Crippen molar-refractivity contribution in [2.75, 3.05) is 13.2 Å². The van der Waals surface area contributed by atoms with Gasteiger partial charge in [0, 0.05) is 41.5 Å². The Labute approximate surface area is 167 Å². The fourth-order valence-electron chi connectivity index (χ4n) is 3.43. The molecule has 8 heteroatoms. The molecule has 1 atom stereocenters. The third-order valence-corrected chi connectivity index (χ3v) is 5.54. The topological polar surface area (TPSA) is 104 Å². The van der Waals surface area contributed by atoms with Crippen LogP contribution in [0.2, 0.25) is 0 Å². The number of hydrogen-bond acceptors (Lipinski definition) is 6. The van der Waals surface area contributed by atoms with Gasteiger partial charge in [0.15, 0.2) is 0 Å². The second kappa shape index (κ2) is 8.04. The van der Waals surface area contributed by atoms with E-state index < -0.39 is 5.97 Å². The van der Waals surface area contributed by atoms with Crippen LogP contribution < -0.4 is 15.2 Å². The number of H-pyrrole nitrogens is 1. The van der Waals surface area contributed by atoms with Gasteiger partial charge in [-0.15, -0.1) is 0 Å². The van der Waals surface area contributed by atoms with Crippen LogP contribution in [0.3, 0.4) is 0 Å². The number of carboxylic acids is 1. The number of fused-ring (bicyclic) bond motifs is 2. The Morgan fingerprint density at radius 3 is 3.11 bits per heavy atom. The average Bonchev–Trinajstić information content (AvgIpc) is 3.32. The highest BCUT2D eigenvalue weighted by Gasteiger charge is 2.26. The van der Waals surface area contributed by atoms with Crippen LogP contribution >= 0.6 is 12.1 Å². The first-order chi connectivity index (χ1) is 13.7. The molecule has 2 aromatic rings. The van der Waals surface area contributed by atoms with E-state index in [0.717, 1.165) is 39.9 Å². The van der Waals surface area contributed by atoms with Crippen LogP contribution in [0.4, 0.5) is 0 Å². The Bertz CT molecular complexity index is 979. The SMILES string of the molecule is NCCCOc1ccc2c(C(CC(=O)O)C3=CC4=CNSN4C=C3)c[nH]c2c1. The number of benzene rings is 1. The van der Waals surface area contributed by atoms with Crippen molar-refractivity contribution in [2.24, 2.45) is 5.73 Å². The zero-order valence-electron chi connectivity index (χ0n) is 15.2. The number of carboxylic acid groups (broad SMARTS) is 1. The molecular formula is C20H22N4O3S. The number of ether oxygens (including phenoxy) is 1. The third kappa shape index (κ3) is 3.74. The molecule has 2 aliphatic rings. The number of hydrogen-bond donors (Lipinski definition) is 4. The number of aromatic nitrogens is 1. The molecule has 2 aliphatic heterocycles. The predicted molar refractivity (Wildman–Crippen MR) is 110 cm³/mol.